The predicted molar refractivity (Wildman–Crippen MR) is 179 cm³/mol. The molecule has 0 N–H and O–H groups in total. The van der Waals surface area contributed by atoms with Crippen LogP contribution in [0.25, 0.3) is 22.9 Å². The monoisotopic (exact) mass is 818 g/mol. The highest BCUT2D eigenvalue weighted by atomic mass is 19.4. The molecular formula is C36H22F8N6O8. The Bertz CT molecular complexity index is 2210. The van der Waals surface area contributed by atoms with Gasteiger partial charge in [-0.3, -0.25) is 0 Å². The van der Waals surface area contributed by atoms with Crippen molar-refractivity contribution >= 4 is 11.8 Å². The van der Waals surface area contributed by atoms with Crippen molar-refractivity contribution in [1.29, 1.82) is 0 Å². The smallest absolute Gasteiger partial charge is 0.440 e. The van der Waals surface area contributed by atoms with Crippen LogP contribution in [0, 0.1) is 11.6 Å². The van der Waals surface area contributed by atoms with Gasteiger partial charge in [0, 0.05) is 0 Å². The molecule has 6 aromatic rings. The molecule has 0 fully saturated rings. The second kappa shape index (κ2) is 16.5. The van der Waals surface area contributed by atoms with Gasteiger partial charge in [0.25, 0.3) is 11.8 Å². The summed E-state index contributed by atoms with van der Waals surface area (Å²) in [5.41, 5.74) is 1.31. The fraction of sp³-hybridized carbons (Fsp3) is 0.167. The fourth-order valence-corrected chi connectivity index (χ4v) is 5.27. The number of alkyl halides is 6. The maximum atomic E-state index is 13.9. The lowest BCUT2D eigenvalue weighted by Gasteiger charge is -2.11. The molecule has 0 bridgehead atoms. The van der Waals surface area contributed by atoms with Gasteiger partial charge in [-0.25, -0.2) is 8.78 Å². The van der Waals surface area contributed by atoms with Crippen molar-refractivity contribution in [2.24, 2.45) is 10.3 Å². The average molecular weight is 819 g/mol. The Kier molecular flexibility index (Phi) is 11.1. The van der Waals surface area contributed by atoms with Crippen molar-refractivity contribution < 1.29 is 72.6 Å². The van der Waals surface area contributed by atoms with Gasteiger partial charge >= 0.3 is 12.7 Å². The third-order valence-electron chi connectivity index (χ3n) is 7.78. The van der Waals surface area contributed by atoms with Gasteiger partial charge in [0.1, 0.15) is 34.6 Å². The highest BCUT2D eigenvalue weighted by Crippen LogP contribution is 2.34. The van der Waals surface area contributed by atoms with E-state index in [1.807, 2.05) is 0 Å². The van der Waals surface area contributed by atoms with Crippen LogP contribution in [0.15, 0.2) is 117 Å². The molecule has 2 aliphatic rings. The third kappa shape index (κ3) is 10.1. The lowest BCUT2D eigenvalue weighted by molar-refractivity contribution is -0.275. The van der Waals surface area contributed by atoms with Crippen LogP contribution in [0.3, 0.4) is 0 Å². The van der Waals surface area contributed by atoms with E-state index >= 15 is 0 Å². The molecule has 0 unspecified atom stereocenters. The Balaban J connectivity index is 0.000000177. The van der Waals surface area contributed by atoms with E-state index in [0.29, 0.717) is 11.1 Å². The van der Waals surface area contributed by atoms with E-state index in [1.165, 1.54) is 84.9 Å². The van der Waals surface area contributed by atoms with Gasteiger partial charge < -0.3 is 37.5 Å². The largest absolute Gasteiger partial charge is 0.573 e. The molecule has 0 spiro atoms. The van der Waals surface area contributed by atoms with Crippen molar-refractivity contribution in [2.75, 3.05) is 0 Å². The fourth-order valence-electron chi connectivity index (χ4n) is 5.27. The zero-order valence-corrected chi connectivity index (χ0v) is 28.8. The minimum absolute atomic E-state index is 0.00315. The number of halogens is 8. The quantitative estimate of drug-likeness (QED) is 0.134. The summed E-state index contributed by atoms with van der Waals surface area (Å²) < 4.78 is 130. The molecule has 4 heterocycles. The molecule has 0 radical (unpaired) electrons. The van der Waals surface area contributed by atoms with Gasteiger partial charge in [-0.15, -0.1) is 46.7 Å². The van der Waals surface area contributed by atoms with Crippen LogP contribution < -0.4 is 18.9 Å². The Labute approximate surface area is 319 Å². The summed E-state index contributed by atoms with van der Waals surface area (Å²) in [6.45, 7) is 0. The van der Waals surface area contributed by atoms with Crippen LogP contribution in [0.1, 0.15) is 36.2 Å². The summed E-state index contributed by atoms with van der Waals surface area (Å²) in [5, 5.41) is 22.0. The summed E-state index contributed by atoms with van der Waals surface area (Å²) in [6.07, 6.45) is -7.99. The van der Waals surface area contributed by atoms with Gasteiger partial charge in [-0.1, -0.05) is 34.6 Å². The van der Waals surface area contributed by atoms with Gasteiger partial charge in [0.2, 0.25) is 24.6 Å². The summed E-state index contributed by atoms with van der Waals surface area (Å²) in [6, 6.07) is 18.4. The lowest BCUT2D eigenvalue weighted by Crippen LogP contribution is -2.17. The molecular weight excluding hydrogens is 796 g/mol. The predicted octanol–water partition coefficient (Wildman–Crippen LogP) is 9.26. The third-order valence-corrected chi connectivity index (χ3v) is 7.78. The molecule has 0 amide bonds. The van der Waals surface area contributed by atoms with E-state index in [1.54, 1.807) is 0 Å². The molecule has 58 heavy (non-hydrogen) atoms. The van der Waals surface area contributed by atoms with Gasteiger partial charge in [0.15, 0.2) is 12.2 Å². The van der Waals surface area contributed by atoms with Crippen molar-refractivity contribution in [1.82, 2.24) is 20.4 Å². The maximum Gasteiger partial charge on any atom is 0.573 e. The van der Waals surface area contributed by atoms with Crippen molar-refractivity contribution in [3.63, 3.8) is 0 Å². The number of aromatic nitrogens is 4. The number of hydrogen-bond acceptors (Lipinski definition) is 14. The number of ether oxygens (including phenoxy) is 4. The number of oxime groups is 2. The molecule has 0 saturated carbocycles. The molecule has 2 aliphatic heterocycles. The standard InChI is InChI=1S/2C18H11F4N3O4/c2*19-14-6-5-12(7-13(14)17-24-23-9-26-17)27-16-8-15(29-25-16)10-1-3-11(4-2-10)28-18(20,21)22/h2*1-7,9,15H,8H2/t2*15-/m10/s1. The molecule has 14 nitrogen and oxygen atoms in total. The highest BCUT2D eigenvalue weighted by molar-refractivity contribution is 5.81. The molecule has 22 heteroatoms. The van der Waals surface area contributed by atoms with E-state index in [9.17, 15) is 35.1 Å². The zero-order valence-electron chi connectivity index (χ0n) is 28.8. The van der Waals surface area contributed by atoms with Crippen LogP contribution in [-0.2, 0) is 9.68 Å². The second-order valence-corrected chi connectivity index (χ2v) is 11.8. The number of hydrogen-bond donors (Lipinski definition) is 0. The first-order valence-corrected chi connectivity index (χ1v) is 16.4. The Morgan fingerprint density at radius 2 is 0.897 bits per heavy atom. The van der Waals surface area contributed by atoms with E-state index in [-0.39, 0.29) is 70.5 Å². The number of rotatable bonds is 8. The number of nitrogens with zero attached hydrogens (tertiary/aromatic N) is 6. The first kappa shape index (κ1) is 39.0. The average Bonchev–Trinajstić information content (AvgIpc) is 4.02. The van der Waals surface area contributed by atoms with Crippen LogP contribution in [0.5, 0.6) is 23.0 Å². The van der Waals surface area contributed by atoms with Crippen LogP contribution in [0.2, 0.25) is 0 Å². The highest BCUT2D eigenvalue weighted by Gasteiger charge is 2.33. The second-order valence-electron chi connectivity index (χ2n) is 11.8. The maximum absolute atomic E-state index is 13.9. The zero-order chi connectivity index (χ0) is 40.9. The molecule has 2 atom stereocenters. The molecule has 8 rings (SSSR count). The molecule has 2 aromatic heterocycles. The summed E-state index contributed by atoms with van der Waals surface area (Å²) in [7, 11) is 0. The molecule has 0 aliphatic carbocycles. The first-order valence-electron chi connectivity index (χ1n) is 16.4. The Hall–Kier alpha value is -7.26. The summed E-state index contributed by atoms with van der Waals surface area (Å²) in [4.78, 5) is 10.6. The Morgan fingerprint density at radius 1 is 0.517 bits per heavy atom. The van der Waals surface area contributed by atoms with E-state index in [0.717, 1.165) is 12.8 Å². The minimum Gasteiger partial charge on any atom is -0.440 e. The van der Waals surface area contributed by atoms with Crippen molar-refractivity contribution in [3.05, 3.63) is 120 Å². The normalized spacial score (nSPS) is 16.3. The number of benzene rings is 4. The van der Waals surface area contributed by atoms with Gasteiger partial charge in [0.05, 0.1) is 24.0 Å². The SMILES string of the molecule is Fc1ccc(OC2=NO[C@@H](c3ccc(OC(F)(F)F)cc3)C2)cc1-c1nnco1.Fc1ccc(OC2=NO[C@H](c3ccc(OC(F)(F)F)cc3)C2)cc1-c1nnco1. The van der Waals surface area contributed by atoms with Gasteiger partial charge in [-0.2, -0.15) is 0 Å². The van der Waals surface area contributed by atoms with E-state index in [4.69, 9.17) is 28.0 Å². The van der Waals surface area contributed by atoms with E-state index in [2.05, 4.69) is 40.2 Å². The summed E-state index contributed by atoms with van der Waals surface area (Å²) >= 11 is 0. The minimum atomic E-state index is -4.76. The van der Waals surface area contributed by atoms with Crippen molar-refractivity contribution in [2.45, 2.75) is 37.8 Å². The molecule has 0 saturated heterocycles. The van der Waals surface area contributed by atoms with E-state index < -0.39 is 36.6 Å². The molecule has 300 valence electrons. The van der Waals surface area contributed by atoms with Crippen LogP contribution >= 0.6 is 0 Å². The molecule has 4 aromatic carbocycles. The first-order chi connectivity index (χ1) is 27.7. The van der Waals surface area contributed by atoms with Crippen molar-refractivity contribution in [3.8, 4) is 45.9 Å². The topological polar surface area (TPSA) is 158 Å². The van der Waals surface area contributed by atoms with Gasteiger partial charge in [-0.05, 0) is 71.8 Å². The lowest BCUT2D eigenvalue weighted by atomic mass is 10.1. The summed E-state index contributed by atoms with van der Waals surface area (Å²) in [5.74, 6) is -0.827. The van der Waals surface area contributed by atoms with Crippen LogP contribution in [-0.4, -0.2) is 44.9 Å². The Morgan fingerprint density at radius 3 is 1.24 bits per heavy atom. The van der Waals surface area contributed by atoms with Crippen LogP contribution in [0.4, 0.5) is 35.1 Å².